The van der Waals surface area contributed by atoms with Crippen LogP contribution >= 0.6 is 0 Å². The molecule has 6 nitrogen and oxygen atoms in total. The molecule has 0 saturated carbocycles. The Bertz CT molecular complexity index is 1410. The standard InChI is InChI=1S/2C11H6F2N.C6H5NO3.Ir/c2*12-8-4-5-9(10(13)7-8)11-3-1-2-6-14-11;8-4-1-2-5(6(9)10)7-3-4;/h2*1-4,6-7H;1-3,8H,(H,9,10);/q2*-1;;. The van der Waals surface area contributed by atoms with Gasteiger partial charge in [0.1, 0.15) is 11.4 Å². The minimum Gasteiger partial charge on any atom is -0.506 e. The number of rotatable bonds is 3. The first-order valence-electron chi connectivity index (χ1n) is 10.7. The fourth-order valence-electron chi connectivity index (χ4n) is 2.82. The van der Waals surface area contributed by atoms with E-state index in [1.54, 1.807) is 48.8 Å². The topological polar surface area (TPSA) is 96.2 Å². The molecule has 2 N–H and O–H groups in total. The fraction of sp³-hybridized carbons (Fsp3) is 0. The fourth-order valence-corrected chi connectivity index (χ4v) is 2.82. The molecule has 0 aliphatic rings. The van der Waals surface area contributed by atoms with Crippen LogP contribution in [-0.4, -0.2) is 31.1 Å². The summed E-state index contributed by atoms with van der Waals surface area (Å²) in [4.78, 5) is 21.5. The van der Waals surface area contributed by atoms with Gasteiger partial charge < -0.3 is 20.2 Å². The smallest absolute Gasteiger partial charge is 0.354 e. The van der Waals surface area contributed by atoms with E-state index in [2.05, 4.69) is 27.1 Å². The molecular weight excluding hydrogens is 695 g/mol. The van der Waals surface area contributed by atoms with Gasteiger partial charge in [-0.15, -0.1) is 24.3 Å². The van der Waals surface area contributed by atoms with Crippen molar-refractivity contribution in [3.63, 3.8) is 0 Å². The largest absolute Gasteiger partial charge is 0.506 e. The van der Waals surface area contributed by atoms with Gasteiger partial charge in [-0.2, -0.15) is 0 Å². The molecule has 5 aromatic rings. The number of benzene rings is 2. The van der Waals surface area contributed by atoms with Crippen LogP contribution in [0.1, 0.15) is 10.5 Å². The summed E-state index contributed by atoms with van der Waals surface area (Å²) >= 11 is 0. The molecule has 0 aliphatic carbocycles. The summed E-state index contributed by atoms with van der Waals surface area (Å²) < 4.78 is 51.6. The van der Waals surface area contributed by atoms with Gasteiger partial charge in [-0.1, -0.05) is 47.5 Å². The van der Waals surface area contributed by atoms with Gasteiger partial charge in [0.25, 0.3) is 0 Å². The number of carboxylic acid groups (broad SMARTS) is 1. The van der Waals surface area contributed by atoms with Gasteiger partial charge in [0.15, 0.2) is 0 Å². The van der Waals surface area contributed by atoms with E-state index in [9.17, 15) is 22.4 Å². The van der Waals surface area contributed by atoms with Gasteiger partial charge in [0.2, 0.25) is 0 Å². The first-order valence-corrected chi connectivity index (χ1v) is 10.7. The third kappa shape index (κ3) is 9.41. The molecule has 3 aromatic heterocycles. The van der Waals surface area contributed by atoms with E-state index in [1.807, 2.05) is 0 Å². The molecule has 0 unspecified atom stereocenters. The van der Waals surface area contributed by atoms with Crippen molar-refractivity contribution in [3.8, 4) is 28.3 Å². The van der Waals surface area contributed by atoms with Crippen molar-refractivity contribution in [2.45, 2.75) is 0 Å². The molecule has 1 radical (unpaired) electrons. The first-order chi connectivity index (χ1) is 18.2. The van der Waals surface area contributed by atoms with Gasteiger partial charge >= 0.3 is 5.97 Å². The zero-order chi connectivity index (χ0) is 27.5. The van der Waals surface area contributed by atoms with Crippen LogP contribution in [0.2, 0.25) is 0 Å². The predicted molar refractivity (Wildman–Crippen MR) is 130 cm³/mol. The maximum Gasteiger partial charge on any atom is 0.354 e. The summed E-state index contributed by atoms with van der Waals surface area (Å²) in [6.07, 6.45) is 4.18. The summed E-state index contributed by atoms with van der Waals surface area (Å²) in [5.74, 6) is -3.71. The van der Waals surface area contributed by atoms with Gasteiger partial charge in [0, 0.05) is 55.8 Å². The molecular formula is C28H17F4IrN3O3-2. The van der Waals surface area contributed by atoms with Crippen LogP contribution < -0.4 is 0 Å². The van der Waals surface area contributed by atoms with Crippen LogP contribution in [-0.2, 0) is 20.1 Å². The maximum atomic E-state index is 13.2. The first kappa shape index (κ1) is 30.8. The summed E-state index contributed by atoms with van der Waals surface area (Å²) in [6, 6.07) is 21.6. The molecule has 0 bridgehead atoms. The quantitative estimate of drug-likeness (QED) is 0.173. The van der Waals surface area contributed by atoms with Crippen molar-refractivity contribution in [3.05, 3.63) is 132 Å². The third-order valence-corrected chi connectivity index (χ3v) is 4.52. The molecule has 5 rings (SSSR count). The second kappa shape index (κ2) is 15.1. The second-order valence-corrected chi connectivity index (χ2v) is 7.22. The van der Waals surface area contributed by atoms with E-state index in [0.29, 0.717) is 11.4 Å². The Labute approximate surface area is 234 Å². The minimum atomic E-state index is -1.10. The molecule has 0 aliphatic heterocycles. The number of aromatic nitrogens is 3. The number of carboxylic acids is 1. The van der Waals surface area contributed by atoms with Gasteiger partial charge in [-0.25, -0.2) is 9.78 Å². The molecule has 39 heavy (non-hydrogen) atoms. The van der Waals surface area contributed by atoms with E-state index in [4.69, 9.17) is 10.2 Å². The number of nitrogens with zero attached hydrogens (tertiary/aromatic N) is 3. The Hall–Kier alpha value is -4.47. The average Bonchev–Trinajstić information content (AvgIpc) is 2.91. The Kier molecular flexibility index (Phi) is 11.9. The number of aromatic hydroxyl groups is 1. The molecule has 0 atom stereocenters. The van der Waals surface area contributed by atoms with Crippen LogP contribution in [0.25, 0.3) is 22.5 Å². The second-order valence-electron chi connectivity index (χ2n) is 7.22. The molecule has 2 aromatic carbocycles. The van der Waals surface area contributed by atoms with Crippen LogP contribution in [0.3, 0.4) is 0 Å². The molecule has 201 valence electrons. The number of hydrogen-bond donors (Lipinski definition) is 2. The minimum absolute atomic E-state index is 0. The number of halogens is 4. The van der Waals surface area contributed by atoms with E-state index in [-0.39, 0.29) is 42.7 Å². The van der Waals surface area contributed by atoms with Crippen molar-refractivity contribution in [2.75, 3.05) is 0 Å². The SMILES string of the molecule is Fc1c[c-]c(-c2ccccn2)c(F)c1.Fc1c[c-]c(-c2ccccn2)c(F)c1.O=C(O)c1ccc(O)cn1.[Ir]. The van der Waals surface area contributed by atoms with E-state index < -0.39 is 29.2 Å². The molecule has 3 heterocycles. The monoisotopic (exact) mass is 712 g/mol. The maximum absolute atomic E-state index is 13.2. The van der Waals surface area contributed by atoms with Gasteiger partial charge in [0.05, 0.1) is 6.20 Å². The van der Waals surface area contributed by atoms with Crippen molar-refractivity contribution in [1.29, 1.82) is 0 Å². The van der Waals surface area contributed by atoms with Crippen LogP contribution in [0.15, 0.2) is 91.4 Å². The third-order valence-electron chi connectivity index (χ3n) is 4.52. The van der Waals surface area contributed by atoms with Crippen LogP contribution in [0, 0.1) is 35.4 Å². The van der Waals surface area contributed by atoms with Crippen molar-refractivity contribution in [1.82, 2.24) is 15.0 Å². The van der Waals surface area contributed by atoms with Gasteiger partial charge in [-0.05, 0) is 35.7 Å². The van der Waals surface area contributed by atoms with Crippen LogP contribution in [0.5, 0.6) is 5.75 Å². The summed E-state index contributed by atoms with van der Waals surface area (Å²) in [5.41, 5.74) is 1.20. The number of aromatic carboxylic acids is 1. The van der Waals surface area contributed by atoms with E-state index in [1.165, 1.54) is 12.1 Å². The Morgan fingerprint density at radius 3 is 1.54 bits per heavy atom. The predicted octanol–water partition coefficient (Wildman–Crippen LogP) is 6.14. The Balaban J connectivity index is 0.000000206. The van der Waals surface area contributed by atoms with E-state index >= 15 is 0 Å². The zero-order valence-corrected chi connectivity index (χ0v) is 22.0. The molecule has 0 spiro atoms. The normalized spacial score (nSPS) is 9.64. The van der Waals surface area contributed by atoms with Gasteiger partial charge in [-0.3, -0.25) is 17.6 Å². The number of carbonyl (C=O) groups is 1. The van der Waals surface area contributed by atoms with E-state index in [0.717, 1.165) is 30.5 Å². The average molecular weight is 712 g/mol. The van der Waals surface area contributed by atoms with Crippen molar-refractivity contribution < 1.29 is 52.7 Å². The van der Waals surface area contributed by atoms with Crippen molar-refractivity contribution in [2.24, 2.45) is 0 Å². The number of hydrogen-bond acceptors (Lipinski definition) is 5. The van der Waals surface area contributed by atoms with Crippen LogP contribution in [0.4, 0.5) is 17.6 Å². The summed E-state index contributed by atoms with van der Waals surface area (Å²) in [5, 5.41) is 17.0. The summed E-state index contributed by atoms with van der Waals surface area (Å²) in [6.45, 7) is 0. The molecule has 0 fully saturated rings. The number of pyridine rings is 3. The Morgan fingerprint density at radius 1 is 0.718 bits per heavy atom. The molecule has 0 amide bonds. The molecule has 11 heteroatoms. The summed E-state index contributed by atoms with van der Waals surface area (Å²) in [7, 11) is 0. The molecule has 0 saturated heterocycles. The Morgan fingerprint density at radius 2 is 1.21 bits per heavy atom. The van der Waals surface area contributed by atoms with Crippen molar-refractivity contribution >= 4 is 5.97 Å². The zero-order valence-electron chi connectivity index (χ0n) is 19.6.